The second kappa shape index (κ2) is 9.25. The highest BCUT2D eigenvalue weighted by atomic mass is 79.9. The van der Waals surface area contributed by atoms with Crippen LogP contribution in [0.5, 0.6) is 0 Å². The number of halogens is 2. The molecule has 3 N–H and O–H groups in total. The number of hydrogen-bond acceptors (Lipinski definition) is 3. The fourth-order valence-electron chi connectivity index (χ4n) is 3.21. The Labute approximate surface area is 196 Å². The maximum Gasteiger partial charge on any atom is 0.328 e. The third-order valence-corrected chi connectivity index (χ3v) is 5.30. The van der Waals surface area contributed by atoms with Gasteiger partial charge in [0.05, 0.1) is 5.52 Å². The molecule has 9 heteroatoms. The summed E-state index contributed by atoms with van der Waals surface area (Å²) in [5.41, 5.74) is 4.85. The van der Waals surface area contributed by atoms with Crippen LogP contribution in [-0.2, 0) is 9.59 Å². The molecule has 0 spiro atoms. The first kappa shape index (κ1) is 22.2. The topological polar surface area (TPSA) is 92.2 Å². The van der Waals surface area contributed by atoms with Crippen molar-refractivity contribution in [2.75, 3.05) is 16.1 Å². The van der Waals surface area contributed by atoms with Crippen LogP contribution in [0.3, 0.4) is 0 Å². The van der Waals surface area contributed by atoms with E-state index in [1.165, 1.54) is 22.9 Å². The van der Waals surface area contributed by atoms with Crippen molar-refractivity contribution in [3.05, 3.63) is 94.3 Å². The summed E-state index contributed by atoms with van der Waals surface area (Å²) in [6.07, 6.45) is 0. The van der Waals surface area contributed by atoms with Gasteiger partial charge in [-0.1, -0.05) is 39.7 Å². The summed E-state index contributed by atoms with van der Waals surface area (Å²) in [7, 11) is 0. The second-order valence-electron chi connectivity index (χ2n) is 7.29. The predicted octanol–water partition coefficient (Wildman–Crippen LogP) is 4.81. The molecule has 3 aromatic carbocycles. The number of amides is 3. The molecule has 0 radical (unpaired) electrons. The number of benzene rings is 3. The molecule has 1 aromatic heterocycles. The molecule has 33 heavy (non-hydrogen) atoms. The molecule has 0 aliphatic heterocycles. The van der Waals surface area contributed by atoms with Gasteiger partial charge in [-0.3, -0.25) is 19.8 Å². The molecule has 166 valence electrons. The molecule has 0 aliphatic carbocycles. The maximum atomic E-state index is 13.4. The molecule has 0 atom stereocenters. The van der Waals surface area contributed by atoms with Crippen molar-refractivity contribution in [3.63, 3.8) is 0 Å². The van der Waals surface area contributed by atoms with E-state index in [9.17, 15) is 18.8 Å². The lowest BCUT2D eigenvalue weighted by molar-refractivity contribution is -0.133. The van der Waals surface area contributed by atoms with Gasteiger partial charge in [-0.25, -0.2) is 9.07 Å². The quantitative estimate of drug-likeness (QED) is 0.345. The number of nitrogens with zero attached hydrogens (tertiary/aromatic N) is 1. The Hall–Kier alpha value is -3.98. The minimum atomic E-state index is -1.02. The number of anilines is 2. The molecular weight excluding hydrogens is 491 g/mol. The Bertz CT molecular complexity index is 1380. The summed E-state index contributed by atoms with van der Waals surface area (Å²) in [5.74, 6) is -3.06. The summed E-state index contributed by atoms with van der Waals surface area (Å²) < 4.78 is 15.4. The zero-order valence-electron chi connectivity index (χ0n) is 17.4. The number of nitrogens with one attached hydrogen (secondary N) is 3. The van der Waals surface area contributed by atoms with Crippen LogP contribution in [0.4, 0.5) is 15.8 Å². The third kappa shape index (κ3) is 5.09. The molecule has 0 saturated heterocycles. The Morgan fingerprint density at radius 3 is 2.33 bits per heavy atom. The number of rotatable bonds is 4. The van der Waals surface area contributed by atoms with E-state index in [-0.39, 0.29) is 11.4 Å². The number of aryl methyl sites for hydroxylation is 1. The average Bonchev–Trinajstić information content (AvgIpc) is 3.12. The van der Waals surface area contributed by atoms with E-state index in [4.69, 9.17) is 0 Å². The van der Waals surface area contributed by atoms with Crippen LogP contribution in [-0.4, -0.2) is 22.4 Å². The minimum Gasteiger partial charge on any atom is -0.321 e. The summed E-state index contributed by atoms with van der Waals surface area (Å²) in [4.78, 5) is 38.0. The average molecular weight is 509 g/mol. The second-order valence-corrected chi connectivity index (χ2v) is 8.21. The molecule has 3 amide bonds. The van der Waals surface area contributed by atoms with Crippen LogP contribution in [0, 0.1) is 12.7 Å². The first-order valence-corrected chi connectivity index (χ1v) is 10.7. The van der Waals surface area contributed by atoms with Crippen molar-refractivity contribution in [1.82, 2.24) is 4.68 Å². The van der Waals surface area contributed by atoms with Gasteiger partial charge < -0.3 is 10.6 Å². The summed E-state index contributed by atoms with van der Waals surface area (Å²) in [6, 6.07) is 19.3. The van der Waals surface area contributed by atoms with E-state index in [1.54, 1.807) is 36.4 Å². The van der Waals surface area contributed by atoms with Gasteiger partial charge in [-0.2, -0.15) is 0 Å². The van der Waals surface area contributed by atoms with Crippen molar-refractivity contribution in [3.8, 4) is 0 Å². The van der Waals surface area contributed by atoms with Crippen LogP contribution < -0.4 is 16.1 Å². The van der Waals surface area contributed by atoms with Gasteiger partial charge in [-0.05, 0) is 61.5 Å². The van der Waals surface area contributed by atoms with Crippen molar-refractivity contribution >= 4 is 55.9 Å². The van der Waals surface area contributed by atoms with Crippen LogP contribution in [0.25, 0.3) is 10.9 Å². The molecule has 1 heterocycles. The first-order valence-electron chi connectivity index (χ1n) is 9.87. The van der Waals surface area contributed by atoms with Gasteiger partial charge in [0, 0.05) is 21.2 Å². The first-order chi connectivity index (χ1) is 15.8. The lowest BCUT2D eigenvalue weighted by atomic mass is 10.2. The Morgan fingerprint density at radius 2 is 1.61 bits per heavy atom. The van der Waals surface area contributed by atoms with Crippen molar-refractivity contribution in [2.45, 2.75) is 6.92 Å². The van der Waals surface area contributed by atoms with Gasteiger partial charge in [0.25, 0.3) is 5.91 Å². The fraction of sp³-hybridized carbons (Fsp3) is 0.0417. The highest BCUT2D eigenvalue weighted by Gasteiger charge is 2.21. The maximum absolute atomic E-state index is 13.4. The van der Waals surface area contributed by atoms with E-state index in [2.05, 4.69) is 32.0 Å². The van der Waals surface area contributed by atoms with E-state index in [0.717, 1.165) is 16.1 Å². The standard InChI is InChI=1S/C24H18BrFN4O3/c1-14-5-8-18(9-6-14)27-22(31)21-12-15-11-16(25)7-10-20(15)30(21)29-24(33)23(32)28-19-4-2-3-17(26)13-19/h2-13H,1H3,(H,27,31)(H,28,32)(H,29,33). The zero-order valence-corrected chi connectivity index (χ0v) is 18.9. The normalized spacial score (nSPS) is 10.6. The van der Waals surface area contributed by atoms with Crippen molar-refractivity contribution in [2.24, 2.45) is 0 Å². The van der Waals surface area contributed by atoms with Gasteiger partial charge in [0.2, 0.25) is 0 Å². The molecule has 0 unspecified atom stereocenters. The number of carbonyl (C=O) groups excluding carboxylic acids is 3. The molecular formula is C24H18BrFN4O3. The minimum absolute atomic E-state index is 0.121. The van der Waals surface area contributed by atoms with Gasteiger partial charge in [0.1, 0.15) is 11.5 Å². The van der Waals surface area contributed by atoms with Gasteiger partial charge >= 0.3 is 11.8 Å². The monoisotopic (exact) mass is 508 g/mol. The van der Waals surface area contributed by atoms with E-state index < -0.39 is 23.5 Å². The number of fused-ring (bicyclic) bond motifs is 1. The lowest BCUT2D eigenvalue weighted by Crippen LogP contribution is -2.36. The molecule has 4 rings (SSSR count). The smallest absolute Gasteiger partial charge is 0.321 e. The molecule has 0 aliphatic rings. The Balaban J connectivity index is 1.62. The van der Waals surface area contributed by atoms with Crippen molar-refractivity contribution < 1.29 is 18.8 Å². The molecule has 4 aromatic rings. The van der Waals surface area contributed by atoms with Crippen molar-refractivity contribution in [1.29, 1.82) is 0 Å². The lowest BCUT2D eigenvalue weighted by Gasteiger charge is -2.13. The zero-order chi connectivity index (χ0) is 23.5. The summed E-state index contributed by atoms with van der Waals surface area (Å²) >= 11 is 3.39. The van der Waals surface area contributed by atoms with Crippen LogP contribution in [0.15, 0.2) is 77.3 Å². The van der Waals surface area contributed by atoms with Gasteiger partial charge in [0.15, 0.2) is 0 Å². The summed E-state index contributed by atoms with van der Waals surface area (Å²) in [5, 5.41) is 5.79. The highest BCUT2D eigenvalue weighted by Crippen LogP contribution is 2.24. The Kier molecular flexibility index (Phi) is 6.23. The Morgan fingerprint density at radius 1 is 0.848 bits per heavy atom. The summed E-state index contributed by atoms with van der Waals surface area (Å²) in [6.45, 7) is 1.94. The molecule has 0 fully saturated rings. The van der Waals surface area contributed by atoms with Crippen LogP contribution in [0.1, 0.15) is 16.1 Å². The number of hydrogen-bond donors (Lipinski definition) is 3. The molecule has 7 nitrogen and oxygen atoms in total. The predicted molar refractivity (Wildman–Crippen MR) is 128 cm³/mol. The SMILES string of the molecule is Cc1ccc(NC(=O)c2cc3cc(Br)ccc3n2NC(=O)C(=O)Nc2cccc(F)c2)cc1. The van der Waals surface area contributed by atoms with E-state index in [0.29, 0.717) is 16.6 Å². The highest BCUT2D eigenvalue weighted by molar-refractivity contribution is 9.10. The van der Waals surface area contributed by atoms with Crippen LogP contribution in [0.2, 0.25) is 0 Å². The number of aromatic nitrogens is 1. The largest absolute Gasteiger partial charge is 0.328 e. The number of carbonyl (C=O) groups is 3. The van der Waals surface area contributed by atoms with Gasteiger partial charge in [-0.15, -0.1) is 0 Å². The van der Waals surface area contributed by atoms with E-state index in [1.807, 2.05) is 19.1 Å². The molecule has 0 saturated carbocycles. The fourth-order valence-corrected chi connectivity index (χ4v) is 3.59. The third-order valence-electron chi connectivity index (χ3n) is 4.81. The van der Waals surface area contributed by atoms with Crippen LogP contribution >= 0.6 is 15.9 Å². The van der Waals surface area contributed by atoms with E-state index >= 15 is 0 Å². The molecule has 0 bridgehead atoms.